The molecule has 3 rings (SSSR count). The number of hydrogen-bond acceptors (Lipinski definition) is 3. The first-order chi connectivity index (χ1) is 12.0. The van der Waals surface area contributed by atoms with Crippen molar-refractivity contribution >= 4 is 33.5 Å². The lowest BCUT2D eigenvalue weighted by molar-refractivity contribution is 0.0696. The van der Waals surface area contributed by atoms with Crippen LogP contribution in [0, 0.1) is 0 Å². The van der Waals surface area contributed by atoms with Gasteiger partial charge in [0.05, 0.1) is 11.1 Å². The lowest BCUT2D eigenvalue weighted by Crippen LogP contribution is -2.44. The van der Waals surface area contributed by atoms with E-state index in [1.165, 1.54) is 0 Å². The quantitative estimate of drug-likeness (QED) is 0.820. The summed E-state index contributed by atoms with van der Waals surface area (Å²) in [6.45, 7) is 1.65. The minimum atomic E-state index is -0.917. The number of carbonyl (C=O) groups is 2. The molecule has 0 atom stereocenters. The molecule has 0 spiro atoms. The fourth-order valence-electron chi connectivity index (χ4n) is 3.01. The maximum absolute atomic E-state index is 12.4. The third kappa shape index (κ3) is 4.20. The number of halogens is 1. The molecule has 2 aromatic carbocycles. The van der Waals surface area contributed by atoms with E-state index in [0.717, 1.165) is 36.1 Å². The third-order valence-electron chi connectivity index (χ3n) is 4.43. The smallest absolute Gasteiger partial charge is 0.335 e. The number of carboxylic acids is 1. The second-order valence-electron chi connectivity index (χ2n) is 6.07. The monoisotopic (exact) mass is 402 g/mol. The molecule has 0 saturated carbocycles. The Morgan fingerprint density at radius 3 is 2.28 bits per heavy atom. The molecule has 1 fully saturated rings. The van der Waals surface area contributed by atoms with E-state index in [2.05, 4.69) is 26.1 Å². The average molecular weight is 403 g/mol. The number of hydrogen-bond donors (Lipinski definition) is 2. The minimum Gasteiger partial charge on any atom is -0.478 e. The van der Waals surface area contributed by atoms with E-state index in [4.69, 9.17) is 5.11 Å². The number of rotatable bonds is 4. The number of anilines is 1. The van der Waals surface area contributed by atoms with Gasteiger partial charge < -0.3 is 15.3 Å². The summed E-state index contributed by atoms with van der Waals surface area (Å²) in [6.07, 6.45) is 1.72. The number of carboxylic acid groups (broad SMARTS) is 1. The van der Waals surface area contributed by atoms with Crippen LogP contribution < -0.4 is 10.2 Å². The van der Waals surface area contributed by atoms with Gasteiger partial charge in [-0.05, 0) is 65.2 Å². The zero-order chi connectivity index (χ0) is 17.8. The van der Waals surface area contributed by atoms with Crippen molar-refractivity contribution in [1.29, 1.82) is 0 Å². The first kappa shape index (κ1) is 17.5. The number of nitrogens with one attached hydrogen (secondary N) is 1. The summed E-state index contributed by atoms with van der Waals surface area (Å²) in [7, 11) is 0. The molecule has 0 unspecified atom stereocenters. The third-order valence-corrected chi connectivity index (χ3v) is 5.12. The average Bonchev–Trinajstić information content (AvgIpc) is 2.63. The Morgan fingerprint density at radius 1 is 1.04 bits per heavy atom. The molecule has 0 aliphatic carbocycles. The van der Waals surface area contributed by atoms with Crippen LogP contribution in [-0.4, -0.2) is 36.1 Å². The Kier molecular flexibility index (Phi) is 5.38. The maximum Gasteiger partial charge on any atom is 0.335 e. The molecule has 0 bridgehead atoms. The highest BCUT2D eigenvalue weighted by molar-refractivity contribution is 9.10. The molecule has 5 nitrogen and oxygen atoms in total. The molecule has 1 heterocycles. The topological polar surface area (TPSA) is 69.6 Å². The van der Waals surface area contributed by atoms with Crippen LogP contribution in [0.5, 0.6) is 0 Å². The van der Waals surface area contributed by atoms with Crippen molar-refractivity contribution in [2.24, 2.45) is 0 Å². The van der Waals surface area contributed by atoms with Gasteiger partial charge in [-0.25, -0.2) is 4.79 Å². The zero-order valence-corrected chi connectivity index (χ0v) is 15.2. The summed E-state index contributed by atoms with van der Waals surface area (Å²) < 4.78 is 0.795. The molecule has 130 valence electrons. The van der Waals surface area contributed by atoms with Gasteiger partial charge in [0.2, 0.25) is 0 Å². The van der Waals surface area contributed by atoms with Gasteiger partial charge in [0.1, 0.15) is 0 Å². The molecule has 1 aliphatic rings. The highest BCUT2D eigenvalue weighted by Gasteiger charge is 2.22. The molecule has 6 heteroatoms. The van der Waals surface area contributed by atoms with Gasteiger partial charge >= 0.3 is 5.97 Å². The Labute approximate surface area is 154 Å². The molecule has 1 amide bonds. The molecule has 0 radical (unpaired) electrons. The lowest BCUT2D eigenvalue weighted by atomic mass is 10.0. The number of piperidine rings is 1. The van der Waals surface area contributed by atoms with Crippen LogP contribution in [0.3, 0.4) is 0 Å². The molecule has 1 saturated heterocycles. The van der Waals surface area contributed by atoms with Gasteiger partial charge in [-0.15, -0.1) is 0 Å². The molecular formula is C19H19BrN2O3. The number of amides is 1. The van der Waals surface area contributed by atoms with Crippen molar-refractivity contribution in [1.82, 2.24) is 5.32 Å². The summed E-state index contributed by atoms with van der Waals surface area (Å²) in [5.41, 5.74) is 1.95. The van der Waals surface area contributed by atoms with E-state index >= 15 is 0 Å². The van der Waals surface area contributed by atoms with Crippen molar-refractivity contribution < 1.29 is 14.7 Å². The van der Waals surface area contributed by atoms with Crippen molar-refractivity contribution in [3.63, 3.8) is 0 Å². The number of nitrogens with zero attached hydrogens (tertiary/aromatic N) is 1. The van der Waals surface area contributed by atoms with Crippen LogP contribution in [-0.2, 0) is 0 Å². The molecule has 1 aliphatic heterocycles. The SMILES string of the molecule is O=C(O)c1ccc(N2CCC(NC(=O)c3ccccc3Br)CC2)cc1. The van der Waals surface area contributed by atoms with E-state index in [9.17, 15) is 9.59 Å². The van der Waals surface area contributed by atoms with Crippen molar-refractivity contribution in [3.05, 3.63) is 64.1 Å². The molecular weight excluding hydrogens is 384 g/mol. The van der Waals surface area contributed by atoms with E-state index in [1.54, 1.807) is 18.2 Å². The van der Waals surface area contributed by atoms with Gasteiger partial charge in [-0.2, -0.15) is 0 Å². The first-order valence-corrected chi connectivity index (χ1v) is 8.97. The van der Waals surface area contributed by atoms with Gasteiger partial charge in [-0.1, -0.05) is 12.1 Å². The van der Waals surface area contributed by atoms with E-state index in [1.807, 2.05) is 30.3 Å². The summed E-state index contributed by atoms with van der Waals surface area (Å²) >= 11 is 3.41. The normalized spacial score (nSPS) is 15.0. The van der Waals surface area contributed by atoms with E-state index in [-0.39, 0.29) is 11.9 Å². The Bertz CT molecular complexity index is 768. The first-order valence-electron chi connectivity index (χ1n) is 8.18. The highest BCUT2D eigenvalue weighted by atomic mass is 79.9. The van der Waals surface area contributed by atoms with Crippen molar-refractivity contribution in [2.75, 3.05) is 18.0 Å². The zero-order valence-electron chi connectivity index (χ0n) is 13.6. The standard InChI is InChI=1S/C19H19BrN2O3/c20-17-4-2-1-3-16(17)18(23)21-14-9-11-22(12-10-14)15-7-5-13(6-8-15)19(24)25/h1-8,14H,9-12H2,(H,21,23)(H,24,25). The molecule has 0 aromatic heterocycles. The van der Waals surface area contributed by atoms with Crippen molar-refractivity contribution in [3.8, 4) is 0 Å². The van der Waals surface area contributed by atoms with Gasteiger partial charge in [-0.3, -0.25) is 4.79 Å². The second-order valence-corrected chi connectivity index (χ2v) is 6.92. The van der Waals surface area contributed by atoms with Gasteiger partial charge in [0.15, 0.2) is 0 Å². The van der Waals surface area contributed by atoms with Crippen LogP contribution in [0.1, 0.15) is 33.6 Å². The van der Waals surface area contributed by atoms with Crippen LogP contribution in [0.15, 0.2) is 53.0 Å². The van der Waals surface area contributed by atoms with E-state index < -0.39 is 5.97 Å². The maximum atomic E-state index is 12.4. The number of carbonyl (C=O) groups excluding carboxylic acids is 1. The highest BCUT2D eigenvalue weighted by Crippen LogP contribution is 2.22. The van der Waals surface area contributed by atoms with Crippen LogP contribution >= 0.6 is 15.9 Å². The Balaban J connectivity index is 1.56. The number of aromatic carboxylic acids is 1. The van der Waals surface area contributed by atoms with Crippen LogP contribution in [0.4, 0.5) is 5.69 Å². The number of benzene rings is 2. The summed E-state index contributed by atoms with van der Waals surface area (Å²) in [5, 5.41) is 12.1. The fraction of sp³-hybridized carbons (Fsp3) is 0.263. The Hall–Kier alpha value is -2.34. The molecule has 25 heavy (non-hydrogen) atoms. The van der Waals surface area contributed by atoms with E-state index in [0.29, 0.717) is 11.1 Å². The van der Waals surface area contributed by atoms with Crippen molar-refractivity contribution in [2.45, 2.75) is 18.9 Å². The second kappa shape index (κ2) is 7.70. The predicted octanol–water partition coefficient (Wildman–Crippen LogP) is 3.55. The minimum absolute atomic E-state index is 0.0586. The Morgan fingerprint density at radius 2 is 1.68 bits per heavy atom. The van der Waals surface area contributed by atoms with Crippen LogP contribution in [0.2, 0.25) is 0 Å². The predicted molar refractivity (Wildman–Crippen MR) is 100 cm³/mol. The summed E-state index contributed by atoms with van der Waals surface area (Å²) in [6, 6.07) is 14.5. The van der Waals surface area contributed by atoms with Gasteiger partial charge in [0, 0.05) is 29.3 Å². The van der Waals surface area contributed by atoms with Crippen LogP contribution in [0.25, 0.3) is 0 Å². The summed E-state index contributed by atoms with van der Waals surface area (Å²) in [4.78, 5) is 25.5. The summed E-state index contributed by atoms with van der Waals surface area (Å²) in [5.74, 6) is -0.975. The van der Waals surface area contributed by atoms with Gasteiger partial charge in [0.25, 0.3) is 5.91 Å². The molecule has 2 N–H and O–H groups in total. The fourth-order valence-corrected chi connectivity index (χ4v) is 3.47. The lowest BCUT2D eigenvalue weighted by Gasteiger charge is -2.34. The molecule has 2 aromatic rings. The largest absolute Gasteiger partial charge is 0.478 e.